The molecule has 0 heterocycles. The summed E-state index contributed by atoms with van der Waals surface area (Å²) in [7, 11) is 0. The first-order chi connectivity index (χ1) is 4.18. The van der Waals surface area contributed by atoms with Crippen molar-refractivity contribution in [3.63, 3.8) is 0 Å². The molecule has 0 aliphatic rings. The smallest absolute Gasteiger partial charge is 0.222 e. The lowest BCUT2D eigenvalue weighted by atomic mass is 10.2. The molecule has 0 saturated heterocycles. The summed E-state index contributed by atoms with van der Waals surface area (Å²) in [6.07, 6.45) is 0. The fourth-order valence-electron chi connectivity index (χ4n) is 0.375. The van der Waals surface area contributed by atoms with E-state index in [0.717, 1.165) is 0 Å². The molecule has 0 saturated carbocycles. The maximum Gasteiger partial charge on any atom is 0.222 e. The van der Waals surface area contributed by atoms with Crippen LogP contribution in [0.5, 0.6) is 0 Å². The number of alkyl halides is 1. The average Bonchev–Trinajstić information content (AvgIpc) is 1.82. The van der Waals surface area contributed by atoms with E-state index in [2.05, 4.69) is 5.32 Å². The minimum Gasteiger partial charge on any atom is -0.353 e. The van der Waals surface area contributed by atoms with Crippen molar-refractivity contribution in [2.45, 2.75) is 13.8 Å². The Labute approximate surface area is 54.4 Å². The maximum absolute atomic E-state index is 11.4. The van der Waals surface area contributed by atoms with Gasteiger partial charge in [-0.2, -0.15) is 0 Å². The molecule has 0 fully saturated rings. The number of amides is 1. The molecule has 1 amide bonds. The van der Waals surface area contributed by atoms with E-state index in [1.807, 2.05) is 0 Å². The Kier molecular flexibility index (Phi) is 4.01. The van der Waals surface area contributed by atoms with Gasteiger partial charge in [0.25, 0.3) is 0 Å². The van der Waals surface area contributed by atoms with E-state index in [0.29, 0.717) is 0 Å². The predicted octanol–water partition coefficient (Wildman–Crippen LogP) is 0.728. The SMILES string of the molecule is CC(C)C(=O)NCCF. The zero-order chi connectivity index (χ0) is 7.28. The van der Waals surface area contributed by atoms with Crippen LogP contribution >= 0.6 is 0 Å². The van der Waals surface area contributed by atoms with E-state index in [1.54, 1.807) is 13.8 Å². The molecule has 0 aromatic carbocycles. The summed E-state index contributed by atoms with van der Waals surface area (Å²) >= 11 is 0. The molecule has 0 aromatic heterocycles. The molecule has 0 unspecified atom stereocenters. The van der Waals surface area contributed by atoms with Crippen LogP contribution in [0, 0.1) is 5.92 Å². The van der Waals surface area contributed by atoms with E-state index >= 15 is 0 Å². The molecule has 0 aliphatic carbocycles. The second-order valence-corrected chi connectivity index (χ2v) is 2.13. The highest BCUT2D eigenvalue weighted by Crippen LogP contribution is 1.88. The summed E-state index contributed by atoms with van der Waals surface area (Å²) < 4.78 is 11.4. The molecular formula is C6H12FNO. The van der Waals surface area contributed by atoms with Crippen molar-refractivity contribution in [1.29, 1.82) is 0 Å². The zero-order valence-corrected chi connectivity index (χ0v) is 5.78. The number of hydrogen-bond acceptors (Lipinski definition) is 1. The highest BCUT2D eigenvalue weighted by atomic mass is 19.1. The summed E-state index contributed by atoms with van der Waals surface area (Å²) in [6.45, 7) is 3.19. The molecular weight excluding hydrogens is 121 g/mol. The fraction of sp³-hybridized carbons (Fsp3) is 0.833. The normalized spacial score (nSPS) is 9.78. The second kappa shape index (κ2) is 4.30. The molecule has 0 aromatic rings. The van der Waals surface area contributed by atoms with Crippen LogP contribution in [-0.4, -0.2) is 19.1 Å². The lowest BCUT2D eigenvalue weighted by molar-refractivity contribution is -0.124. The van der Waals surface area contributed by atoms with Crippen LogP contribution in [-0.2, 0) is 4.79 Å². The van der Waals surface area contributed by atoms with Gasteiger partial charge in [-0.25, -0.2) is 4.39 Å². The van der Waals surface area contributed by atoms with E-state index < -0.39 is 6.67 Å². The van der Waals surface area contributed by atoms with Crippen molar-refractivity contribution in [1.82, 2.24) is 5.32 Å². The highest BCUT2D eigenvalue weighted by Gasteiger charge is 2.03. The number of rotatable bonds is 3. The van der Waals surface area contributed by atoms with Gasteiger partial charge in [-0.1, -0.05) is 13.8 Å². The molecule has 0 bridgehead atoms. The quantitative estimate of drug-likeness (QED) is 0.604. The first kappa shape index (κ1) is 8.40. The molecule has 0 rings (SSSR count). The van der Waals surface area contributed by atoms with Gasteiger partial charge in [0.15, 0.2) is 0 Å². The van der Waals surface area contributed by atoms with Crippen molar-refractivity contribution in [2.75, 3.05) is 13.2 Å². The molecule has 2 nitrogen and oxygen atoms in total. The monoisotopic (exact) mass is 133 g/mol. The van der Waals surface area contributed by atoms with Crippen LogP contribution in [0.25, 0.3) is 0 Å². The van der Waals surface area contributed by atoms with E-state index in [4.69, 9.17) is 0 Å². The van der Waals surface area contributed by atoms with Gasteiger partial charge in [0, 0.05) is 12.5 Å². The molecule has 0 atom stereocenters. The molecule has 3 heteroatoms. The van der Waals surface area contributed by atoms with Crippen LogP contribution in [0.2, 0.25) is 0 Å². The van der Waals surface area contributed by atoms with Gasteiger partial charge >= 0.3 is 0 Å². The largest absolute Gasteiger partial charge is 0.353 e. The molecule has 0 radical (unpaired) electrons. The molecule has 0 spiro atoms. The van der Waals surface area contributed by atoms with Crippen molar-refractivity contribution >= 4 is 5.91 Å². The van der Waals surface area contributed by atoms with Crippen LogP contribution in [0.3, 0.4) is 0 Å². The number of hydrogen-bond donors (Lipinski definition) is 1. The van der Waals surface area contributed by atoms with Crippen molar-refractivity contribution in [2.24, 2.45) is 5.92 Å². The van der Waals surface area contributed by atoms with Crippen molar-refractivity contribution < 1.29 is 9.18 Å². The Bertz CT molecular complexity index is 93.1. The summed E-state index contributed by atoms with van der Waals surface area (Å²) in [6, 6.07) is 0. The van der Waals surface area contributed by atoms with Crippen LogP contribution < -0.4 is 5.32 Å². The Hall–Kier alpha value is -0.600. The Morgan fingerprint density at radius 1 is 1.67 bits per heavy atom. The van der Waals surface area contributed by atoms with Gasteiger partial charge in [-0.05, 0) is 0 Å². The average molecular weight is 133 g/mol. The minimum absolute atomic E-state index is 0.0449. The van der Waals surface area contributed by atoms with Gasteiger partial charge in [0.1, 0.15) is 6.67 Å². The Morgan fingerprint density at radius 2 is 2.22 bits per heavy atom. The third kappa shape index (κ3) is 3.94. The van der Waals surface area contributed by atoms with E-state index in [1.165, 1.54) is 0 Å². The van der Waals surface area contributed by atoms with Gasteiger partial charge < -0.3 is 5.32 Å². The number of nitrogens with one attached hydrogen (secondary N) is 1. The predicted molar refractivity (Wildman–Crippen MR) is 33.8 cm³/mol. The first-order valence-electron chi connectivity index (χ1n) is 3.02. The van der Waals surface area contributed by atoms with Crippen LogP contribution in [0.4, 0.5) is 4.39 Å². The minimum atomic E-state index is -0.488. The van der Waals surface area contributed by atoms with Gasteiger partial charge in [0.05, 0.1) is 0 Å². The zero-order valence-electron chi connectivity index (χ0n) is 5.78. The van der Waals surface area contributed by atoms with Crippen molar-refractivity contribution in [3.8, 4) is 0 Å². The van der Waals surface area contributed by atoms with E-state index in [-0.39, 0.29) is 18.4 Å². The summed E-state index contributed by atoms with van der Waals surface area (Å²) in [4.78, 5) is 10.6. The van der Waals surface area contributed by atoms with Gasteiger partial charge in [-0.3, -0.25) is 4.79 Å². The van der Waals surface area contributed by atoms with Gasteiger partial charge in [0.2, 0.25) is 5.91 Å². The summed E-state index contributed by atoms with van der Waals surface area (Å²) in [5, 5.41) is 2.42. The maximum atomic E-state index is 11.4. The molecule has 1 N–H and O–H groups in total. The number of carbonyl (C=O) groups excluding carboxylic acids is 1. The fourth-order valence-corrected chi connectivity index (χ4v) is 0.375. The van der Waals surface area contributed by atoms with Crippen molar-refractivity contribution in [3.05, 3.63) is 0 Å². The molecule has 0 aliphatic heterocycles. The lowest BCUT2D eigenvalue weighted by Crippen LogP contribution is -2.29. The summed E-state index contributed by atoms with van der Waals surface area (Å²) in [5.74, 6) is -0.135. The molecule has 54 valence electrons. The summed E-state index contributed by atoms with van der Waals surface area (Å²) in [5.41, 5.74) is 0. The third-order valence-corrected chi connectivity index (χ3v) is 0.918. The second-order valence-electron chi connectivity index (χ2n) is 2.13. The first-order valence-corrected chi connectivity index (χ1v) is 3.02. The highest BCUT2D eigenvalue weighted by molar-refractivity contribution is 5.77. The van der Waals surface area contributed by atoms with Crippen LogP contribution in [0.15, 0.2) is 0 Å². The topological polar surface area (TPSA) is 29.1 Å². The lowest BCUT2D eigenvalue weighted by Gasteiger charge is -2.03. The van der Waals surface area contributed by atoms with E-state index in [9.17, 15) is 9.18 Å². The van der Waals surface area contributed by atoms with Crippen LogP contribution in [0.1, 0.15) is 13.8 Å². The Balaban J connectivity index is 3.28. The molecule has 9 heavy (non-hydrogen) atoms. The Morgan fingerprint density at radius 3 is 2.56 bits per heavy atom. The third-order valence-electron chi connectivity index (χ3n) is 0.918. The number of carbonyl (C=O) groups is 1. The number of halogens is 1. The van der Waals surface area contributed by atoms with Gasteiger partial charge in [-0.15, -0.1) is 0 Å². The standard InChI is InChI=1S/C6H12FNO/c1-5(2)6(9)8-4-3-7/h5H,3-4H2,1-2H3,(H,8,9).